The fourth-order valence-corrected chi connectivity index (χ4v) is 3.66. The molecule has 2 aromatic carbocycles. The van der Waals surface area contributed by atoms with E-state index in [4.69, 9.17) is 4.74 Å². The summed E-state index contributed by atoms with van der Waals surface area (Å²) in [6, 6.07) is 13.4. The second-order valence-electron chi connectivity index (χ2n) is 7.38. The average Bonchev–Trinajstić information content (AvgIpc) is 3.15. The van der Waals surface area contributed by atoms with Gasteiger partial charge in [-0.15, -0.1) is 0 Å². The van der Waals surface area contributed by atoms with Crippen molar-refractivity contribution in [3.8, 4) is 5.88 Å². The van der Waals surface area contributed by atoms with Crippen LogP contribution in [-0.2, 0) is 11.3 Å². The van der Waals surface area contributed by atoms with Crippen LogP contribution in [0.4, 0.5) is 10.1 Å². The summed E-state index contributed by atoms with van der Waals surface area (Å²) in [4.78, 5) is 30.3. The Labute approximate surface area is 181 Å². The van der Waals surface area contributed by atoms with Crippen molar-refractivity contribution in [3.63, 3.8) is 0 Å². The quantitative estimate of drug-likeness (QED) is 0.574. The number of hydrogen-bond acceptors (Lipinski definition) is 6. The number of carbonyl (C=O) groups excluding carboxylic acids is 2. The molecule has 162 valence electrons. The monoisotopic (exact) mass is 435 g/mol. The maximum absolute atomic E-state index is 14.5. The number of aliphatic hydroxyl groups excluding tert-OH is 1. The van der Waals surface area contributed by atoms with Gasteiger partial charge in [0.1, 0.15) is 24.1 Å². The van der Waals surface area contributed by atoms with Crippen molar-refractivity contribution in [2.75, 3.05) is 11.9 Å². The van der Waals surface area contributed by atoms with Gasteiger partial charge in [-0.25, -0.2) is 14.1 Å². The number of fused-ring (bicyclic) bond motifs is 2. The molecule has 0 saturated carbocycles. The van der Waals surface area contributed by atoms with Gasteiger partial charge in [-0.3, -0.25) is 9.59 Å². The molecular formula is C22H18FN5O4. The summed E-state index contributed by atoms with van der Waals surface area (Å²) in [5, 5.41) is 18.8. The first-order valence-corrected chi connectivity index (χ1v) is 9.92. The zero-order chi connectivity index (χ0) is 22.2. The Bertz CT molecular complexity index is 1240. The smallest absolute Gasteiger partial charge is 0.269 e. The number of carbonyl (C=O) groups is 2. The molecule has 1 unspecified atom stereocenters. The molecule has 32 heavy (non-hydrogen) atoms. The number of hydrogen-bond donors (Lipinski definition) is 3. The number of aliphatic imine (C=N–C) groups is 1. The molecule has 3 aromatic rings. The summed E-state index contributed by atoms with van der Waals surface area (Å²) in [5.41, 5.74) is 1.53. The van der Waals surface area contributed by atoms with Gasteiger partial charge in [0, 0.05) is 11.1 Å². The van der Waals surface area contributed by atoms with Gasteiger partial charge in [-0.1, -0.05) is 42.5 Å². The highest BCUT2D eigenvalue weighted by atomic mass is 19.1. The van der Waals surface area contributed by atoms with Crippen LogP contribution in [0.5, 0.6) is 5.88 Å². The van der Waals surface area contributed by atoms with Crippen molar-refractivity contribution in [2.24, 2.45) is 4.99 Å². The summed E-state index contributed by atoms with van der Waals surface area (Å²) in [7, 11) is 0. The summed E-state index contributed by atoms with van der Waals surface area (Å²) in [6.45, 7) is 0.220. The van der Waals surface area contributed by atoms with Crippen LogP contribution in [0.15, 0.2) is 59.7 Å². The number of nitrogens with zero attached hydrogens (tertiary/aromatic N) is 3. The number of halogens is 1. The van der Waals surface area contributed by atoms with Gasteiger partial charge < -0.3 is 20.5 Å². The van der Waals surface area contributed by atoms with Crippen LogP contribution in [0.3, 0.4) is 0 Å². The van der Waals surface area contributed by atoms with Gasteiger partial charge in [0.15, 0.2) is 0 Å². The summed E-state index contributed by atoms with van der Waals surface area (Å²) < 4.78 is 21.3. The molecule has 0 aliphatic carbocycles. The summed E-state index contributed by atoms with van der Waals surface area (Å²) >= 11 is 0. The van der Waals surface area contributed by atoms with Gasteiger partial charge in [0.05, 0.1) is 24.1 Å². The molecule has 0 radical (unpaired) electrons. The van der Waals surface area contributed by atoms with E-state index in [1.807, 2.05) is 6.07 Å². The Balaban J connectivity index is 1.51. The number of benzodiazepines with no additional fused rings is 1. The number of rotatable bonds is 3. The van der Waals surface area contributed by atoms with E-state index in [0.29, 0.717) is 16.8 Å². The third-order valence-corrected chi connectivity index (χ3v) is 5.17. The minimum absolute atomic E-state index is 0.00270. The van der Waals surface area contributed by atoms with Crippen molar-refractivity contribution in [1.29, 1.82) is 0 Å². The maximum Gasteiger partial charge on any atom is 0.269 e. The number of aromatic nitrogens is 2. The Kier molecular flexibility index (Phi) is 4.91. The molecule has 2 aliphatic heterocycles. The molecule has 1 aromatic heterocycles. The number of aliphatic hydroxyl groups is 1. The van der Waals surface area contributed by atoms with Crippen molar-refractivity contribution >= 4 is 23.2 Å². The average molecular weight is 435 g/mol. The number of amides is 2. The fraction of sp³-hybridized carbons (Fsp3) is 0.182. The van der Waals surface area contributed by atoms with E-state index in [1.54, 1.807) is 30.3 Å². The molecule has 0 fully saturated rings. The minimum Gasteiger partial charge on any atom is -0.474 e. The Morgan fingerprint density at radius 3 is 2.84 bits per heavy atom. The van der Waals surface area contributed by atoms with E-state index in [9.17, 15) is 19.1 Å². The molecule has 3 N–H and O–H groups in total. The number of benzene rings is 2. The van der Waals surface area contributed by atoms with Crippen LogP contribution < -0.4 is 15.4 Å². The molecule has 2 amide bonds. The van der Waals surface area contributed by atoms with Gasteiger partial charge in [0.25, 0.3) is 11.8 Å². The molecule has 0 spiro atoms. The number of nitrogens with one attached hydrogen (secondary N) is 2. The van der Waals surface area contributed by atoms with Gasteiger partial charge in [-0.05, 0) is 6.07 Å². The largest absolute Gasteiger partial charge is 0.474 e. The molecule has 10 heteroatoms. The lowest BCUT2D eigenvalue weighted by Gasteiger charge is -2.21. The highest BCUT2D eigenvalue weighted by Crippen LogP contribution is 2.27. The van der Waals surface area contributed by atoms with Gasteiger partial charge in [0.2, 0.25) is 12.0 Å². The number of para-hydroxylation sites is 1. The Hall–Kier alpha value is -4.05. The highest BCUT2D eigenvalue weighted by Gasteiger charge is 2.31. The summed E-state index contributed by atoms with van der Waals surface area (Å²) in [6.07, 6.45) is -0.750. The Morgan fingerprint density at radius 1 is 1.22 bits per heavy atom. The fourth-order valence-electron chi connectivity index (χ4n) is 3.66. The molecule has 3 heterocycles. The third kappa shape index (κ3) is 3.50. The Morgan fingerprint density at radius 2 is 2.03 bits per heavy atom. The highest BCUT2D eigenvalue weighted by molar-refractivity contribution is 6.20. The zero-order valence-corrected chi connectivity index (χ0v) is 16.7. The van der Waals surface area contributed by atoms with Crippen LogP contribution in [-0.4, -0.2) is 51.3 Å². The van der Waals surface area contributed by atoms with Gasteiger partial charge in [-0.2, -0.15) is 5.10 Å². The first kappa shape index (κ1) is 19.9. The van der Waals surface area contributed by atoms with E-state index in [1.165, 1.54) is 23.0 Å². The van der Waals surface area contributed by atoms with Crippen molar-refractivity contribution < 1.29 is 23.8 Å². The predicted molar refractivity (Wildman–Crippen MR) is 112 cm³/mol. The van der Waals surface area contributed by atoms with E-state index in [2.05, 4.69) is 20.7 Å². The number of ether oxygens (including phenoxy) is 1. The normalized spacial score (nSPS) is 19.6. The van der Waals surface area contributed by atoms with Crippen LogP contribution >= 0.6 is 0 Å². The summed E-state index contributed by atoms with van der Waals surface area (Å²) in [5.74, 6) is -1.73. The standard InChI is InChI=1S/C22H18FN5O4/c23-16-8-4-7-14-17(12-5-2-1-3-6-12)25-19(21(31)26-18(14)16)27-20(30)15-9-24-28-10-13(29)11-32-22(15)28/h1-9,13,19,29H,10-11H2,(H,26,31)(H,27,30)/t13?,19-/m1/s1. The van der Waals surface area contributed by atoms with E-state index < -0.39 is 29.9 Å². The maximum atomic E-state index is 14.5. The second-order valence-corrected chi connectivity index (χ2v) is 7.38. The van der Waals surface area contributed by atoms with Crippen LogP contribution in [0.25, 0.3) is 0 Å². The topological polar surface area (TPSA) is 118 Å². The first-order chi connectivity index (χ1) is 15.5. The van der Waals surface area contributed by atoms with E-state index >= 15 is 0 Å². The minimum atomic E-state index is -1.32. The molecule has 5 rings (SSSR count). The molecule has 2 aliphatic rings. The third-order valence-electron chi connectivity index (χ3n) is 5.17. The number of anilines is 1. The molecular weight excluding hydrogens is 417 g/mol. The van der Waals surface area contributed by atoms with Crippen molar-refractivity contribution in [1.82, 2.24) is 15.1 Å². The lowest BCUT2D eigenvalue weighted by Crippen LogP contribution is -2.42. The molecule has 9 nitrogen and oxygen atoms in total. The van der Waals surface area contributed by atoms with Crippen LogP contribution in [0.2, 0.25) is 0 Å². The van der Waals surface area contributed by atoms with Crippen molar-refractivity contribution in [3.05, 3.63) is 77.2 Å². The first-order valence-electron chi connectivity index (χ1n) is 9.92. The van der Waals surface area contributed by atoms with Crippen molar-refractivity contribution in [2.45, 2.75) is 18.8 Å². The SMILES string of the molecule is O=C(N[C@H]1N=C(c2ccccc2)c2cccc(F)c2NC1=O)c1cnn2c1OCC(O)C2. The van der Waals surface area contributed by atoms with E-state index in [-0.39, 0.29) is 30.3 Å². The zero-order valence-electron chi connectivity index (χ0n) is 16.7. The molecule has 2 atom stereocenters. The molecule has 0 bridgehead atoms. The van der Waals surface area contributed by atoms with Crippen LogP contribution in [0.1, 0.15) is 21.5 Å². The van der Waals surface area contributed by atoms with Gasteiger partial charge >= 0.3 is 0 Å². The predicted octanol–water partition coefficient (Wildman–Crippen LogP) is 1.32. The second kappa shape index (κ2) is 7.89. The lowest BCUT2D eigenvalue weighted by molar-refractivity contribution is -0.117. The molecule has 0 saturated heterocycles. The van der Waals surface area contributed by atoms with Crippen LogP contribution in [0, 0.1) is 5.82 Å². The van der Waals surface area contributed by atoms with E-state index in [0.717, 1.165) is 0 Å². The lowest BCUT2D eigenvalue weighted by atomic mass is 10.0.